The molecular formula is C31H54N2O7. The lowest BCUT2D eigenvalue weighted by atomic mass is 9.80. The molecule has 1 saturated heterocycles. The highest BCUT2D eigenvalue weighted by molar-refractivity contribution is 5.79. The van der Waals surface area contributed by atoms with Crippen molar-refractivity contribution >= 4 is 5.91 Å². The second-order valence-electron chi connectivity index (χ2n) is 12.0. The van der Waals surface area contributed by atoms with Crippen molar-refractivity contribution in [3.05, 3.63) is 23.8 Å². The van der Waals surface area contributed by atoms with Gasteiger partial charge >= 0.3 is 0 Å². The van der Waals surface area contributed by atoms with Gasteiger partial charge in [-0.1, -0.05) is 33.8 Å². The molecule has 0 unspecified atom stereocenters. The Balaban J connectivity index is 1.99. The van der Waals surface area contributed by atoms with E-state index in [1.54, 1.807) is 14.2 Å². The summed E-state index contributed by atoms with van der Waals surface area (Å²) in [5, 5.41) is 24.7. The molecule has 0 saturated carbocycles. The van der Waals surface area contributed by atoms with Crippen molar-refractivity contribution in [2.24, 2.45) is 29.4 Å². The first-order chi connectivity index (χ1) is 19.0. The molecule has 0 spiro atoms. The second-order valence-corrected chi connectivity index (χ2v) is 12.0. The van der Waals surface area contributed by atoms with Crippen molar-refractivity contribution < 1.29 is 34.0 Å². The Kier molecular flexibility index (Phi) is 14.7. The standard InChI is InChI=1S/C31H54N2O7/c1-21(2)24(16-23-8-9-28(38-6)29(17-23)40-13-7-12-37-5)18-26(32)27(34)19-25(22(3)4)30(35)33-20-31(36)10-14-39-15-11-31/h8-9,17,21-22,24-27,34,36H,7,10-16,18-20,32H2,1-6H3,(H,33,35)/t24-,25-,26-,27-/m0/s1. The fourth-order valence-corrected chi connectivity index (χ4v) is 5.17. The lowest BCUT2D eigenvalue weighted by Gasteiger charge is -2.33. The summed E-state index contributed by atoms with van der Waals surface area (Å²) < 4.78 is 21.9. The van der Waals surface area contributed by atoms with Crippen LogP contribution in [0.5, 0.6) is 11.5 Å². The van der Waals surface area contributed by atoms with Gasteiger partial charge in [0, 0.05) is 64.7 Å². The maximum atomic E-state index is 13.1. The monoisotopic (exact) mass is 566 g/mol. The van der Waals surface area contributed by atoms with E-state index in [1.165, 1.54) is 0 Å². The summed E-state index contributed by atoms with van der Waals surface area (Å²) >= 11 is 0. The fourth-order valence-electron chi connectivity index (χ4n) is 5.17. The zero-order valence-electron chi connectivity index (χ0n) is 25.5. The molecule has 230 valence electrons. The summed E-state index contributed by atoms with van der Waals surface area (Å²) in [6, 6.07) is 5.53. The molecule has 2 rings (SSSR count). The third-order valence-corrected chi connectivity index (χ3v) is 8.14. The number of rotatable bonds is 18. The number of hydrogen-bond donors (Lipinski definition) is 4. The molecule has 1 heterocycles. The molecule has 4 atom stereocenters. The van der Waals surface area contributed by atoms with E-state index in [1.807, 2.05) is 32.0 Å². The van der Waals surface area contributed by atoms with Crippen LogP contribution >= 0.6 is 0 Å². The Morgan fingerprint density at radius 3 is 2.38 bits per heavy atom. The van der Waals surface area contributed by atoms with Gasteiger partial charge in [0.25, 0.3) is 0 Å². The summed E-state index contributed by atoms with van der Waals surface area (Å²) in [5.41, 5.74) is 6.73. The van der Waals surface area contributed by atoms with Gasteiger partial charge in [-0.25, -0.2) is 0 Å². The number of nitrogens with one attached hydrogen (secondary N) is 1. The normalized spacial score (nSPS) is 18.3. The van der Waals surface area contributed by atoms with Crippen LogP contribution in [0.25, 0.3) is 0 Å². The van der Waals surface area contributed by atoms with Gasteiger partial charge in [-0.2, -0.15) is 0 Å². The van der Waals surface area contributed by atoms with Gasteiger partial charge in [-0.05, 0) is 54.7 Å². The van der Waals surface area contributed by atoms with Crippen LogP contribution in [0, 0.1) is 23.7 Å². The van der Waals surface area contributed by atoms with Crippen molar-refractivity contribution in [3.8, 4) is 11.5 Å². The van der Waals surface area contributed by atoms with Crippen molar-refractivity contribution in [3.63, 3.8) is 0 Å². The van der Waals surface area contributed by atoms with Crippen LogP contribution in [-0.4, -0.2) is 81.1 Å². The number of aliphatic hydroxyl groups excluding tert-OH is 1. The molecule has 1 aromatic carbocycles. The Bertz CT molecular complexity index is 873. The van der Waals surface area contributed by atoms with Crippen molar-refractivity contribution in [2.45, 2.75) is 84.0 Å². The van der Waals surface area contributed by atoms with Crippen LogP contribution in [-0.2, 0) is 20.7 Å². The molecule has 0 aliphatic carbocycles. The van der Waals surface area contributed by atoms with Gasteiger partial charge in [0.05, 0.1) is 25.4 Å². The van der Waals surface area contributed by atoms with E-state index in [4.69, 9.17) is 24.7 Å². The number of ether oxygens (including phenoxy) is 4. The van der Waals surface area contributed by atoms with Crippen molar-refractivity contribution in [1.29, 1.82) is 0 Å². The summed E-state index contributed by atoms with van der Waals surface area (Å²) in [5.74, 6) is 1.44. The van der Waals surface area contributed by atoms with Crippen LogP contribution in [0.4, 0.5) is 0 Å². The number of nitrogens with two attached hydrogens (primary N) is 1. The van der Waals surface area contributed by atoms with Crippen molar-refractivity contribution in [2.75, 3.05) is 47.2 Å². The molecule has 1 aromatic rings. The highest BCUT2D eigenvalue weighted by Crippen LogP contribution is 2.32. The summed E-state index contributed by atoms with van der Waals surface area (Å²) in [6.07, 6.45) is 2.66. The molecule has 1 aliphatic rings. The zero-order chi connectivity index (χ0) is 29.7. The van der Waals surface area contributed by atoms with Gasteiger partial charge in [-0.3, -0.25) is 4.79 Å². The SMILES string of the molecule is COCCCOc1cc(C[C@@H](C[C@H](N)[C@@H](O)C[C@H](C(=O)NCC2(O)CCOCC2)C(C)C)C(C)C)ccc1OC. The number of carbonyl (C=O) groups excluding carboxylic acids is 1. The molecule has 1 aliphatic heterocycles. The van der Waals surface area contributed by atoms with Gasteiger partial charge in [0.15, 0.2) is 11.5 Å². The number of hydrogen-bond acceptors (Lipinski definition) is 8. The number of benzene rings is 1. The van der Waals surface area contributed by atoms with Crippen molar-refractivity contribution in [1.82, 2.24) is 5.32 Å². The zero-order valence-corrected chi connectivity index (χ0v) is 25.5. The first kappa shape index (κ1) is 34.3. The number of methoxy groups -OCH3 is 2. The minimum absolute atomic E-state index is 0.0219. The average Bonchev–Trinajstić information content (AvgIpc) is 2.92. The summed E-state index contributed by atoms with van der Waals surface area (Å²) in [6.45, 7) is 10.6. The summed E-state index contributed by atoms with van der Waals surface area (Å²) in [7, 11) is 3.30. The quantitative estimate of drug-likeness (QED) is 0.199. The average molecular weight is 567 g/mol. The predicted octanol–water partition coefficient (Wildman–Crippen LogP) is 3.32. The molecule has 9 nitrogen and oxygen atoms in total. The third kappa shape index (κ3) is 11.2. The fraction of sp³-hybridized carbons (Fsp3) is 0.774. The van der Waals surface area contributed by atoms with Crippen LogP contribution < -0.4 is 20.5 Å². The maximum absolute atomic E-state index is 13.1. The molecule has 0 bridgehead atoms. The van der Waals surface area contributed by atoms with E-state index in [0.717, 1.165) is 18.4 Å². The molecule has 9 heteroatoms. The Hall–Kier alpha value is -1.91. The molecule has 40 heavy (non-hydrogen) atoms. The second kappa shape index (κ2) is 17.1. The van der Waals surface area contributed by atoms with E-state index >= 15 is 0 Å². The Morgan fingerprint density at radius 1 is 1.07 bits per heavy atom. The molecule has 0 radical (unpaired) electrons. The number of amides is 1. The molecule has 0 aromatic heterocycles. The first-order valence-corrected chi connectivity index (χ1v) is 14.8. The van der Waals surface area contributed by atoms with E-state index in [2.05, 4.69) is 19.2 Å². The Morgan fingerprint density at radius 2 is 1.77 bits per heavy atom. The minimum Gasteiger partial charge on any atom is -0.493 e. The van der Waals surface area contributed by atoms with E-state index in [9.17, 15) is 15.0 Å². The molecular weight excluding hydrogens is 512 g/mol. The van der Waals surface area contributed by atoms with E-state index in [0.29, 0.717) is 63.1 Å². The first-order valence-electron chi connectivity index (χ1n) is 14.8. The van der Waals surface area contributed by atoms with Gasteiger partial charge in [0.2, 0.25) is 5.91 Å². The number of carbonyl (C=O) groups is 1. The van der Waals surface area contributed by atoms with Crippen LogP contribution in [0.1, 0.15) is 65.4 Å². The van der Waals surface area contributed by atoms with Gasteiger partial charge in [-0.15, -0.1) is 0 Å². The lowest BCUT2D eigenvalue weighted by Crippen LogP contribution is -2.49. The van der Waals surface area contributed by atoms with Crippen LogP contribution in [0.2, 0.25) is 0 Å². The van der Waals surface area contributed by atoms with Gasteiger partial charge in [0.1, 0.15) is 0 Å². The maximum Gasteiger partial charge on any atom is 0.223 e. The highest BCUT2D eigenvalue weighted by atomic mass is 16.5. The van der Waals surface area contributed by atoms with Crippen LogP contribution in [0.3, 0.4) is 0 Å². The molecule has 5 N–H and O–H groups in total. The van der Waals surface area contributed by atoms with E-state index in [-0.39, 0.29) is 30.7 Å². The molecule has 1 fully saturated rings. The predicted molar refractivity (Wildman–Crippen MR) is 157 cm³/mol. The lowest BCUT2D eigenvalue weighted by molar-refractivity contribution is -0.130. The topological polar surface area (TPSA) is 132 Å². The van der Waals surface area contributed by atoms with E-state index < -0.39 is 23.7 Å². The van der Waals surface area contributed by atoms with Crippen LogP contribution in [0.15, 0.2) is 18.2 Å². The largest absolute Gasteiger partial charge is 0.493 e. The Labute approximate surface area is 241 Å². The number of aliphatic hydroxyl groups is 2. The smallest absolute Gasteiger partial charge is 0.223 e. The highest BCUT2D eigenvalue weighted by Gasteiger charge is 2.33. The third-order valence-electron chi connectivity index (χ3n) is 8.14. The minimum atomic E-state index is -0.939. The summed E-state index contributed by atoms with van der Waals surface area (Å²) in [4.78, 5) is 13.1. The molecule has 1 amide bonds. The van der Waals surface area contributed by atoms with Gasteiger partial charge < -0.3 is 40.2 Å².